The van der Waals surface area contributed by atoms with E-state index in [0.717, 1.165) is 24.2 Å². The van der Waals surface area contributed by atoms with Crippen LogP contribution in [0, 0.1) is 5.92 Å². The Balaban J connectivity index is 1.93. The van der Waals surface area contributed by atoms with E-state index in [1.54, 1.807) is 0 Å². The number of hydrogen-bond acceptors (Lipinski definition) is 2. The van der Waals surface area contributed by atoms with Gasteiger partial charge in [0.25, 0.3) is 0 Å². The molecule has 0 radical (unpaired) electrons. The molecular weight excluding hydrogens is 200 g/mol. The average Bonchev–Trinajstić information content (AvgIpc) is 3.03. The molecule has 1 fully saturated rings. The number of anilines is 2. The molecule has 3 nitrogen and oxygen atoms in total. The third-order valence-electron chi connectivity index (χ3n) is 2.56. The zero-order valence-corrected chi connectivity index (χ0v) is 9.79. The minimum absolute atomic E-state index is 0.157. The molecular formula is C13H18N2O. The van der Waals surface area contributed by atoms with Crippen molar-refractivity contribution in [3.8, 4) is 0 Å². The second-order valence-electron chi connectivity index (χ2n) is 4.64. The second-order valence-corrected chi connectivity index (χ2v) is 4.64. The lowest BCUT2D eigenvalue weighted by atomic mass is 10.2. The number of carbonyl (C=O) groups is 1. The first-order chi connectivity index (χ1) is 7.65. The second kappa shape index (κ2) is 4.56. The first-order valence-electron chi connectivity index (χ1n) is 5.82. The van der Waals surface area contributed by atoms with Crippen molar-refractivity contribution in [2.24, 2.45) is 5.92 Å². The minimum Gasteiger partial charge on any atom is -0.383 e. The molecule has 1 amide bonds. The number of carbonyl (C=O) groups excluding carboxylic acids is 1. The van der Waals surface area contributed by atoms with Gasteiger partial charge in [-0.15, -0.1) is 0 Å². The molecule has 0 spiro atoms. The van der Waals surface area contributed by atoms with E-state index in [1.165, 1.54) is 0 Å². The summed E-state index contributed by atoms with van der Waals surface area (Å²) in [4.78, 5) is 11.5. The summed E-state index contributed by atoms with van der Waals surface area (Å²) in [6.07, 6.45) is 2.08. The molecule has 16 heavy (non-hydrogen) atoms. The molecule has 0 aromatic heterocycles. The number of nitrogens with one attached hydrogen (secondary N) is 2. The minimum atomic E-state index is 0.157. The van der Waals surface area contributed by atoms with Crippen molar-refractivity contribution in [3.05, 3.63) is 24.3 Å². The van der Waals surface area contributed by atoms with Crippen molar-refractivity contribution in [3.63, 3.8) is 0 Å². The molecule has 0 heterocycles. The third-order valence-corrected chi connectivity index (χ3v) is 2.56. The SMILES string of the molecule is CC(C)Nc1ccc(NC(=O)C2CC2)cc1. The molecule has 86 valence electrons. The Labute approximate surface area is 96.2 Å². The Morgan fingerprint density at radius 1 is 1.19 bits per heavy atom. The smallest absolute Gasteiger partial charge is 0.227 e. The lowest BCUT2D eigenvalue weighted by Gasteiger charge is -2.10. The van der Waals surface area contributed by atoms with E-state index < -0.39 is 0 Å². The normalized spacial score (nSPS) is 14.9. The molecule has 3 heteroatoms. The number of rotatable bonds is 4. The van der Waals surface area contributed by atoms with Crippen LogP contribution in [0.5, 0.6) is 0 Å². The quantitative estimate of drug-likeness (QED) is 0.816. The summed E-state index contributed by atoms with van der Waals surface area (Å²) < 4.78 is 0. The van der Waals surface area contributed by atoms with Crippen LogP contribution in [-0.4, -0.2) is 11.9 Å². The van der Waals surface area contributed by atoms with E-state index in [4.69, 9.17) is 0 Å². The van der Waals surface area contributed by atoms with Gasteiger partial charge in [-0.3, -0.25) is 4.79 Å². The van der Waals surface area contributed by atoms with E-state index in [9.17, 15) is 4.79 Å². The zero-order valence-electron chi connectivity index (χ0n) is 9.79. The molecule has 1 aromatic rings. The van der Waals surface area contributed by atoms with Crippen LogP contribution in [0.25, 0.3) is 0 Å². The first-order valence-corrected chi connectivity index (χ1v) is 5.82. The van der Waals surface area contributed by atoms with Gasteiger partial charge in [0.2, 0.25) is 5.91 Å². The van der Waals surface area contributed by atoms with Crippen molar-refractivity contribution in [2.45, 2.75) is 32.7 Å². The van der Waals surface area contributed by atoms with Crippen LogP contribution < -0.4 is 10.6 Å². The molecule has 1 aliphatic rings. The van der Waals surface area contributed by atoms with Gasteiger partial charge in [-0.25, -0.2) is 0 Å². The summed E-state index contributed by atoms with van der Waals surface area (Å²) >= 11 is 0. The highest BCUT2D eigenvalue weighted by molar-refractivity contribution is 5.94. The van der Waals surface area contributed by atoms with E-state index in [2.05, 4.69) is 24.5 Å². The molecule has 0 aliphatic heterocycles. The van der Waals surface area contributed by atoms with E-state index >= 15 is 0 Å². The van der Waals surface area contributed by atoms with Crippen molar-refractivity contribution < 1.29 is 4.79 Å². The molecule has 2 N–H and O–H groups in total. The van der Waals surface area contributed by atoms with Gasteiger partial charge in [0, 0.05) is 23.3 Å². The topological polar surface area (TPSA) is 41.1 Å². The average molecular weight is 218 g/mol. The van der Waals surface area contributed by atoms with Gasteiger partial charge in [0.05, 0.1) is 0 Å². The Kier molecular flexibility index (Phi) is 3.13. The summed E-state index contributed by atoms with van der Waals surface area (Å²) in [5, 5.41) is 6.23. The Bertz CT molecular complexity index is 366. The zero-order chi connectivity index (χ0) is 11.5. The maximum atomic E-state index is 11.5. The summed E-state index contributed by atoms with van der Waals surface area (Å²) in [6, 6.07) is 8.27. The molecule has 1 saturated carbocycles. The van der Waals surface area contributed by atoms with Crippen LogP contribution in [0.4, 0.5) is 11.4 Å². The van der Waals surface area contributed by atoms with Crippen molar-refractivity contribution in [1.29, 1.82) is 0 Å². The third kappa shape index (κ3) is 2.99. The predicted molar refractivity (Wildman–Crippen MR) is 66.6 cm³/mol. The molecule has 0 unspecified atom stereocenters. The van der Waals surface area contributed by atoms with Gasteiger partial charge in [-0.05, 0) is 51.0 Å². The summed E-state index contributed by atoms with van der Waals surface area (Å²) in [5.41, 5.74) is 1.96. The fourth-order valence-corrected chi connectivity index (χ4v) is 1.57. The lowest BCUT2D eigenvalue weighted by molar-refractivity contribution is -0.117. The van der Waals surface area contributed by atoms with Gasteiger partial charge < -0.3 is 10.6 Å². The fraction of sp³-hybridized carbons (Fsp3) is 0.462. The van der Waals surface area contributed by atoms with Crippen LogP contribution in [0.3, 0.4) is 0 Å². The van der Waals surface area contributed by atoms with Gasteiger partial charge in [-0.1, -0.05) is 0 Å². The standard InChI is InChI=1S/C13H18N2O/c1-9(2)14-11-5-7-12(8-6-11)15-13(16)10-3-4-10/h5-10,14H,3-4H2,1-2H3,(H,15,16). The van der Waals surface area contributed by atoms with Crippen molar-refractivity contribution >= 4 is 17.3 Å². The van der Waals surface area contributed by atoms with Gasteiger partial charge in [0.15, 0.2) is 0 Å². The van der Waals surface area contributed by atoms with E-state index in [0.29, 0.717) is 6.04 Å². The number of benzene rings is 1. The lowest BCUT2D eigenvalue weighted by Crippen LogP contribution is -2.13. The largest absolute Gasteiger partial charge is 0.383 e. The monoisotopic (exact) mass is 218 g/mol. The van der Waals surface area contributed by atoms with Crippen LogP contribution in [0.1, 0.15) is 26.7 Å². The Hall–Kier alpha value is -1.51. The van der Waals surface area contributed by atoms with Crippen LogP contribution >= 0.6 is 0 Å². The summed E-state index contributed by atoms with van der Waals surface area (Å²) in [7, 11) is 0. The molecule has 2 rings (SSSR count). The van der Waals surface area contributed by atoms with Crippen LogP contribution in [-0.2, 0) is 4.79 Å². The highest BCUT2D eigenvalue weighted by Crippen LogP contribution is 2.30. The van der Waals surface area contributed by atoms with E-state index in [-0.39, 0.29) is 11.8 Å². The van der Waals surface area contributed by atoms with Crippen LogP contribution in [0.15, 0.2) is 24.3 Å². The Morgan fingerprint density at radius 2 is 1.75 bits per heavy atom. The fourth-order valence-electron chi connectivity index (χ4n) is 1.57. The van der Waals surface area contributed by atoms with Gasteiger partial charge >= 0.3 is 0 Å². The maximum Gasteiger partial charge on any atom is 0.227 e. The summed E-state index contributed by atoms with van der Waals surface area (Å²) in [6.45, 7) is 4.20. The molecule has 1 aromatic carbocycles. The molecule has 0 atom stereocenters. The predicted octanol–water partition coefficient (Wildman–Crippen LogP) is 2.86. The highest BCUT2D eigenvalue weighted by Gasteiger charge is 2.29. The Morgan fingerprint density at radius 3 is 2.25 bits per heavy atom. The molecule has 0 saturated heterocycles. The van der Waals surface area contributed by atoms with Gasteiger partial charge in [0.1, 0.15) is 0 Å². The van der Waals surface area contributed by atoms with E-state index in [1.807, 2.05) is 24.3 Å². The first kappa shape index (κ1) is 11.0. The van der Waals surface area contributed by atoms with Crippen LogP contribution in [0.2, 0.25) is 0 Å². The maximum absolute atomic E-state index is 11.5. The van der Waals surface area contributed by atoms with Crippen molar-refractivity contribution in [1.82, 2.24) is 0 Å². The highest BCUT2D eigenvalue weighted by atomic mass is 16.2. The van der Waals surface area contributed by atoms with Crippen molar-refractivity contribution in [2.75, 3.05) is 10.6 Å². The molecule has 0 bridgehead atoms. The summed E-state index contributed by atoms with van der Waals surface area (Å²) in [5.74, 6) is 0.415. The molecule has 1 aliphatic carbocycles. The van der Waals surface area contributed by atoms with Gasteiger partial charge in [-0.2, -0.15) is 0 Å². The number of hydrogen-bond donors (Lipinski definition) is 2. The number of amides is 1.